The Morgan fingerprint density at radius 2 is 1.89 bits per heavy atom. The number of benzene rings is 1. The minimum atomic E-state index is -0.129. The standard InChI is InChI=1S/C28H34N6O2/c1-18-15-33(16-19(2)36-18)22-8-6-7-20(13-22)23-9-10-24-26(31-23)32-25(30-24)14-29-27(35)21-11-12-34(17-21)28(3,4)5/h6-13,17-19H,14-16H2,1-5H3,(H,29,35)(H,30,31,32)/t18-,19?/m1/s1. The Bertz CT molecular complexity index is 1370. The van der Waals surface area contributed by atoms with Crippen molar-refractivity contribution in [1.29, 1.82) is 0 Å². The summed E-state index contributed by atoms with van der Waals surface area (Å²) in [5.41, 5.74) is 5.13. The second kappa shape index (κ2) is 9.43. The van der Waals surface area contributed by atoms with Crippen LogP contribution in [0.1, 0.15) is 50.8 Å². The number of hydrogen-bond acceptors (Lipinski definition) is 5. The largest absolute Gasteiger partial charge is 0.372 e. The molecular formula is C28H34N6O2. The van der Waals surface area contributed by atoms with Crippen LogP contribution in [-0.2, 0) is 16.8 Å². The molecule has 1 fully saturated rings. The fraction of sp³-hybridized carbons (Fsp3) is 0.393. The molecule has 1 aliphatic rings. The summed E-state index contributed by atoms with van der Waals surface area (Å²) in [6, 6.07) is 14.3. The maximum atomic E-state index is 12.6. The van der Waals surface area contributed by atoms with Crippen LogP contribution in [0, 0.1) is 0 Å². The van der Waals surface area contributed by atoms with Crippen molar-refractivity contribution in [3.8, 4) is 11.3 Å². The lowest BCUT2D eigenvalue weighted by molar-refractivity contribution is -0.00521. The summed E-state index contributed by atoms with van der Waals surface area (Å²) in [6.07, 6.45) is 4.20. The van der Waals surface area contributed by atoms with Gasteiger partial charge >= 0.3 is 0 Å². The van der Waals surface area contributed by atoms with Crippen molar-refractivity contribution in [3.63, 3.8) is 0 Å². The van der Waals surface area contributed by atoms with Crippen LogP contribution in [0.5, 0.6) is 0 Å². The zero-order valence-electron chi connectivity index (χ0n) is 21.6. The molecule has 1 amide bonds. The van der Waals surface area contributed by atoms with Crippen LogP contribution in [0.2, 0.25) is 0 Å². The van der Waals surface area contributed by atoms with Gasteiger partial charge in [0, 0.05) is 42.3 Å². The van der Waals surface area contributed by atoms with Crippen molar-refractivity contribution in [1.82, 2.24) is 24.8 Å². The topological polar surface area (TPSA) is 88.1 Å². The number of imidazole rings is 1. The van der Waals surface area contributed by atoms with Crippen molar-refractivity contribution < 1.29 is 9.53 Å². The average Bonchev–Trinajstić information content (AvgIpc) is 3.49. The first-order chi connectivity index (χ1) is 17.2. The predicted octanol–water partition coefficient (Wildman–Crippen LogP) is 4.73. The molecular weight excluding hydrogens is 452 g/mol. The fourth-order valence-electron chi connectivity index (χ4n) is 4.65. The van der Waals surface area contributed by atoms with Gasteiger partial charge in [-0.1, -0.05) is 12.1 Å². The van der Waals surface area contributed by atoms with Crippen LogP contribution in [0.3, 0.4) is 0 Å². The molecule has 1 aliphatic heterocycles. The Balaban J connectivity index is 1.30. The van der Waals surface area contributed by atoms with E-state index in [0.717, 1.165) is 29.9 Å². The van der Waals surface area contributed by atoms with Gasteiger partial charge in [0.25, 0.3) is 5.91 Å². The van der Waals surface area contributed by atoms with Crippen LogP contribution < -0.4 is 10.2 Å². The molecule has 1 unspecified atom stereocenters. The van der Waals surface area contributed by atoms with E-state index in [1.807, 2.05) is 35.2 Å². The third-order valence-corrected chi connectivity index (χ3v) is 6.46. The Morgan fingerprint density at radius 3 is 2.61 bits per heavy atom. The summed E-state index contributed by atoms with van der Waals surface area (Å²) >= 11 is 0. The molecule has 0 radical (unpaired) electrons. The number of hydrogen-bond donors (Lipinski definition) is 2. The minimum absolute atomic E-state index is 0.0702. The second-order valence-electron chi connectivity index (χ2n) is 10.6. The zero-order chi connectivity index (χ0) is 25.4. The van der Waals surface area contributed by atoms with E-state index in [1.54, 1.807) is 0 Å². The van der Waals surface area contributed by atoms with Crippen LogP contribution in [0.4, 0.5) is 5.69 Å². The SMILES string of the molecule is CC1CN(c2cccc(-c3ccc4nc(CNC(=O)c5ccn(C(C)(C)C)c5)[nH]c4n3)c2)C[C@@H](C)O1. The van der Waals surface area contributed by atoms with Crippen LogP contribution >= 0.6 is 0 Å². The molecule has 5 rings (SSSR count). The van der Waals surface area contributed by atoms with E-state index in [4.69, 9.17) is 9.72 Å². The molecule has 0 spiro atoms. The smallest absolute Gasteiger partial charge is 0.253 e. The van der Waals surface area contributed by atoms with Gasteiger partial charge < -0.3 is 24.5 Å². The summed E-state index contributed by atoms with van der Waals surface area (Å²) in [7, 11) is 0. The molecule has 2 atom stereocenters. The Hall–Kier alpha value is -3.65. The quantitative estimate of drug-likeness (QED) is 0.426. The van der Waals surface area contributed by atoms with E-state index in [-0.39, 0.29) is 23.7 Å². The van der Waals surface area contributed by atoms with Gasteiger partial charge in [-0.05, 0) is 65.0 Å². The first-order valence-corrected chi connectivity index (χ1v) is 12.5. The zero-order valence-corrected chi connectivity index (χ0v) is 21.6. The van der Waals surface area contributed by atoms with Gasteiger partial charge in [-0.3, -0.25) is 4.79 Å². The highest BCUT2D eigenvalue weighted by atomic mass is 16.5. The van der Waals surface area contributed by atoms with E-state index in [0.29, 0.717) is 23.6 Å². The third-order valence-electron chi connectivity index (χ3n) is 6.46. The molecule has 0 aliphatic carbocycles. The van der Waals surface area contributed by atoms with E-state index < -0.39 is 0 Å². The number of H-pyrrole nitrogens is 1. The maximum absolute atomic E-state index is 12.6. The first-order valence-electron chi connectivity index (χ1n) is 12.5. The van der Waals surface area contributed by atoms with Crippen LogP contribution in [0.15, 0.2) is 54.9 Å². The highest BCUT2D eigenvalue weighted by Crippen LogP contribution is 2.27. The number of pyridine rings is 1. The molecule has 0 saturated carbocycles. The highest BCUT2D eigenvalue weighted by molar-refractivity contribution is 5.94. The van der Waals surface area contributed by atoms with Crippen molar-refractivity contribution in [2.24, 2.45) is 0 Å². The number of anilines is 1. The van der Waals surface area contributed by atoms with Gasteiger partial charge in [0.05, 0.1) is 30.0 Å². The molecule has 36 heavy (non-hydrogen) atoms. The van der Waals surface area contributed by atoms with Gasteiger partial charge in [-0.2, -0.15) is 0 Å². The molecule has 188 valence electrons. The maximum Gasteiger partial charge on any atom is 0.253 e. The molecule has 8 nitrogen and oxygen atoms in total. The van der Waals surface area contributed by atoms with E-state index in [2.05, 4.69) is 79.1 Å². The summed E-state index contributed by atoms with van der Waals surface area (Å²) in [4.78, 5) is 27.7. The molecule has 8 heteroatoms. The molecule has 2 N–H and O–H groups in total. The molecule has 1 saturated heterocycles. The fourth-order valence-corrected chi connectivity index (χ4v) is 4.65. The highest BCUT2D eigenvalue weighted by Gasteiger charge is 2.22. The van der Waals surface area contributed by atoms with Crippen LogP contribution in [0.25, 0.3) is 22.4 Å². The van der Waals surface area contributed by atoms with E-state index >= 15 is 0 Å². The van der Waals surface area contributed by atoms with Crippen LogP contribution in [-0.4, -0.2) is 50.7 Å². The lowest BCUT2D eigenvalue weighted by Gasteiger charge is -2.37. The first kappa shape index (κ1) is 24.1. The lowest BCUT2D eigenvalue weighted by atomic mass is 10.1. The number of carbonyl (C=O) groups excluding carboxylic acids is 1. The predicted molar refractivity (Wildman–Crippen MR) is 142 cm³/mol. The van der Waals surface area contributed by atoms with Crippen molar-refractivity contribution in [3.05, 3.63) is 66.2 Å². The van der Waals surface area contributed by atoms with E-state index in [1.165, 1.54) is 5.69 Å². The number of morpholine rings is 1. The molecule has 0 bridgehead atoms. The summed E-state index contributed by atoms with van der Waals surface area (Å²) < 4.78 is 7.92. The van der Waals surface area contributed by atoms with Crippen molar-refractivity contribution in [2.45, 2.75) is 58.9 Å². The molecule has 3 aromatic heterocycles. The summed E-state index contributed by atoms with van der Waals surface area (Å²) in [6.45, 7) is 12.6. The number of aromatic amines is 1. The number of rotatable bonds is 5. The Morgan fingerprint density at radius 1 is 1.11 bits per heavy atom. The summed E-state index contributed by atoms with van der Waals surface area (Å²) in [5, 5.41) is 2.95. The molecule has 4 heterocycles. The number of nitrogens with one attached hydrogen (secondary N) is 2. The normalized spacial score (nSPS) is 18.5. The lowest BCUT2D eigenvalue weighted by Crippen LogP contribution is -2.45. The molecule has 1 aromatic carbocycles. The number of ether oxygens (including phenoxy) is 1. The van der Waals surface area contributed by atoms with Gasteiger partial charge in [0.1, 0.15) is 11.3 Å². The summed E-state index contributed by atoms with van der Waals surface area (Å²) in [5.74, 6) is 0.541. The number of fused-ring (bicyclic) bond motifs is 1. The average molecular weight is 487 g/mol. The van der Waals surface area contributed by atoms with E-state index in [9.17, 15) is 4.79 Å². The number of amides is 1. The van der Waals surface area contributed by atoms with Gasteiger partial charge in [0.15, 0.2) is 5.65 Å². The van der Waals surface area contributed by atoms with Gasteiger partial charge in [0.2, 0.25) is 0 Å². The van der Waals surface area contributed by atoms with Crippen molar-refractivity contribution >= 4 is 22.8 Å². The van der Waals surface area contributed by atoms with Gasteiger partial charge in [-0.15, -0.1) is 0 Å². The van der Waals surface area contributed by atoms with Crippen molar-refractivity contribution in [2.75, 3.05) is 18.0 Å². The second-order valence-corrected chi connectivity index (χ2v) is 10.6. The molecule has 4 aromatic rings. The monoisotopic (exact) mass is 486 g/mol. The number of aromatic nitrogens is 4. The Kier molecular flexibility index (Phi) is 6.30. The number of carbonyl (C=O) groups is 1. The minimum Gasteiger partial charge on any atom is -0.372 e. The third kappa shape index (κ3) is 5.14. The van der Waals surface area contributed by atoms with Gasteiger partial charge in [-0.25, -0.2) is 9.97 Å². The Labute approximate surface area is 211 Å². The number of nitrogens with zero attached hydrogens (tertiary/aromatic N) is 4.